The molecule has 0 saturated carbocycles. The Morgan fingerprint density at radius 1 is 1.24 bits per heavy atom. The van der Waals surface area contributed by atoms with Crippen LogP contribution in [0.1, 0.15) is 12.5 Å². The van der Waals surface area contributed by atoms with Gasteiger partial charge in [0, 0.05) is 25.7 Å². The molecule has 0 bridgehead atoms. The van der Waals surface area contributed by atoms with Gasteiger partial charge in [-0.2, -0.15) is 13.2 Å². The third-order valence-corrected chi connectivity index (χ3v) is 4.46. The molecule has 3 rings (SSSR count). The molecule has 1 N–H and O–H groups in total. The van der Waals surface area contributed by atoms with Gasteiger partial charge < -0.3 is 10.2 Å². The highest BCUT2D eigenvalue weighted by molar-refractivity contribution is 6.52. The molecule has 0 aromatic heterocycles. The summed E-state index contributed by atoms with van der Waals surface area (Å²) in [7, 11) is 0. The lowest BCUT2D eigenvalue weighted by Crippen LogP contribution is -2.50. The molecule has 0 radical (unpaired) electrons. The number of hydrogen-bond donors (Lipinski definition) is 1. The van der Waals surface area contributed by atoms with E-state index in [9.17, 15) is 22.8 Å². The van der Waals surface area contributed by atoms with Crippen LogP contribution in [0.4, 0.5) is 18.9 Å². The number of carbonyl (C=O) groups is 2. The van der Waals surface area contributed by atoms with Crippen molar-refractivity contribution in [1.29, 1.82) is 0 Å². The average molecular weight is 374 g/mol. The van der Waals surface area contributed by atoms with E-state index >= 15 is 0 Å². The molecule has 1 atom stereocenters. The molecule has 5 nitrogen and oxygen atoms in total. The number of nitrogens with one attached hydrogen (secondary N) is 1. The summed E-state index contributed by atoms with van der Waals surface area (Å²) in [5, 5.41) is 2.93. The van der Waals surface area contributed by atoms with Gasteiger partial charge in [0.1, 0.15) is 10.7 Å². The van der Waals surface area contributed by atoms with Crippen LogP contribution in [0.2, 0.25) is 0 Å². The minimum atomic E-state index is -4.57. The Hall–Kier alpha value is -2.06. The van der Waals surface area contributed by atoms with Gasteiger partial charge in [-0.1, -0.05) is 17.7 Å². The first-order valence-electron chi connectivity index (χ1n) is 7.64. The lowest BCUT2D eigenvalue weighted by Gasteiger charge is -2.33. The van der Waals surface area contributed by atoms with Gasteiger partial charge in [0.15, 0.2) is 0 Å². The lowest BCUT2D eigenvalue weighted by atomic mass is 10.2. The molecule has 1 aromatic rings. The molecule has 0 spiro atoms. The van der Waals surface area contributed by atoms with Crippen LogP contribution in [0.3, 0.4) is 0 Å². The third-order valence-electron chi connectivity index (χ3n) is 4.12. The van der Waals surface area contributed by atoms with Gasteiger partial charge in [0.05, 0.1) is 11.3 Å². The van der Waals surface area contributed by atoms with Crippen molar-refractivity contribution in [2.24, 2.45) is 0 Å². The molecule has 1 fully saturated rings. The zero-order chi connectivity index (χ0) is 18.4. The second-order valence-electron chi connectivity index (χ2n) is 5.96. The van der Waals surface area contributed by atoms with Crippen LogP contribution in [0.15, 0.2) is 35.0 Å². The Morgan fingerprint density at radius 3 is 2.60 bits per heavy atom. The van der Waals surface area contributed by atoms with Gasteiger partial charge in [-0.25, -0.2) is 4.90 Å². The van der Waals surface area contributed by atoms with Crippen LogP contribution in [0, 0.1) is 0 Å². The number of hydrogen-bond acceptors (Lipinski definition) is 4. The zero-order valence-electron chi connectivity index (χ0n) is 13.2. The molecule has 2 heterocycles. The van der Waals surface area contributed by atoms with Crippen LogP contribution in [-0.2, 0) is 15.8 Å². The second kappa shape index (κ2) is 6.34. The average Bonchev–Trinajstić information content (AvgIpc) is 2.76. The second-order valence-corrected chi connectivity index (χ2v) is 6.34. The van der Waals surface area contributed by atoms with Gasteiger partial charge >= 0.3 is 6.18 Å². The third kappa shape index (κ3) is 3.23. The maximum absolute atomic E-state index is 12.9. The van der Waals surface area contributed by atoms with Crippen molar-refractivity contribution < 1.29 is 22.8 Å². The number of imide groups is 1. The predicted molar refractivity (Wildman–Crippen MR) is 85.9 cm³/mol. The van der Waals surface area contributed by atoms with Crippen molar-refractivity contribution >= 4 is 29.1 Å². The fourth-order valence-corrected chi connectivity index (χ4v) is 3.24. The molecule has 0 aliphatic carbocycles. The first kappa shape index (κ1) is 17.8. The van der Waals surface area contributed by atoms with E-state index < -0.39 is 23.6 Å². The highest BCUT2D eigenvalue weighted by Crippen LogP contribution is 2.35. The molecular weight excluding hydrogens is 359 g/mol. The number of piperazine rings is 1. The number of anilines is 1. The Labute approximate surface area is 147 Å². The zero-order valence-corrected chi connectivity index (χ0v) is 14.0. The van der Waals surface area contributed by atoms with E-state index in [-0.39, 0.29) is 22.5 Å². The van der Waals surface area contributed by atoms with Gasteiger partial charge in [0.2, 0.25) is 0 Å². The molecule has 2 aliphatic rings. The van der Waals surface area contributed by atoms with Gasteiger partial charge in [-0.3, -0.25) is 9.59 Å². The largest absolute Gasteiger partial charge is 0.416 e. The standard InChI is InChI=1S/C16H15ClF3N3O2/c1-9-8-22(6-5-21-9)13-12(17)14(24)23(15(13)25)11-4-2-3-10(7-11)16(18,19)20/h2-4,7,9,21H,5-6,8H2,1H3/t9-/m0/s1. The van der Waals surface area contributed by atoms with E-state index in [0.29, 0.717) is 24.5 Å². The number of rotatable bonds is 2. The summed E-state index contributed by atoms with van der Waals surface area (Å²) >= 11 is 6.06. The Kier molecular flexibility index (Phi) is 4.51. The van der Waals surface area contributed by atoms with E-state index in [0.717, 1.165) is 18.2 Å². The Bertz CT molecular complexity index is 763. The minimum absolute atomic E-state index is 0.0393. The van der Waals surface area contributed by atoms with Gasteiger partial charge in [-0.05, 0) is 25.1 Å². The molecule has 134 valence electrons. The van der Waals surface area contributed by atoms with Crippen molar-refractivity contribution in [3.63, 3.8) is 0 Å². The number of benzene rings is 1. The lowest BCUT2D eigenvalue weighted by molar-refractivity contribution is -0.137. The van der Waals surface area contributed by atoms with Crippen LogP contribution < -0.4 is 10.2 Å². The fraction of sp³-hybridized carbons (Fsp3) is 0.375. The minimum Gasteiger partial charge on any atom is -0.363 e. The van der Waals surface area contributed by atoms with Crippen LogP contribution in [-0.4, -0.2) is 42.4 Å². The van der Waals surface area contributed by atoms with E-state index in [4.69, 9.17) is 11.6 Å². The van der Waals surface area contributed by atoms with Gasteiger partial charge in [0.25, 0.3) is 11.8 Å². The number of halogens is 4. The normalized spacial score (nSPS) is 22.2. The quantitative estimate of drug-likeness (QED) is 0.808. The van der Waals surface area contributed by atoms with Crippen LogP contribution in [0.25, 0.3) is 0 Å². The monoisotopic (exact) mass is 373 g/mol. The number of amides is 2. The molecule has 9 heteroatoms. The summed E-state index contributed by atoms with van der Waals surface area (Å²) in [5.41, 5.74) is -1.05. The van der Waals surface area contributed by atoms with Gasteiger partial charge in [-0.15, -0.1) is 0 Å². The summed E-state index contributed by atoms with van der Waals surface area (Å²) in [5.74, 6) is -1.52. The van der Waals surface area contributed by atoms with Crippen molar-refractivity contribution in [2.45, 2.75) is 19.1 Å². The summed E-state index contributed by atoms with van der Waals surface area (Å²) in [6, 6.07) is 4.16. The number of alkyl halides is 3. The van der Waals surface area contributed by atoms with Crippen molar-refractivity contribution in [3.05, 3.63) is 40.6 Å². The summed E-state index contributed by atoms with van der Waals surface area (Å²) in [6.07, 6.45) is -4.57. The van der Waals surface area contributed by atoms with Crippen LogP contribution >= 0.6 is 11.6 Å². The smallest absolute Gasteiger partial charge is 0.363 e. The van der Waals surface area contributed by atoms with Crippen molar-refractivity contribution in [1.82, 2.24) is 10.2 Å². The predicted octanol–water partition coefficient (Wildman–Crippen LogP) is 2.32. The number of nitrogens with zero attached hydrogens (tertiary/aromatic N) is 2. The molecule has 2 aliphatic heterocycles. The van der Waals surface area contributed by atoms with E-state index in [1.807, 2.05) is 6.92 Å². The van der Waals surface area contributed by atoms with E-state index in [1.165, 1.54) is 6.07 Å². The maximum Gasteiger partial charge on any atom is 0.416 e. The highest BCUT2D eigenvalue weighted by Gasteiger charge is 2.42. The van der Waals surface area contributed by atoms with Crippen molar-refractivity contribution in [3.8, 4) is 0 Å². The molecule has 2 amide bonds. The molecule has 0 unspecified atom stereocenters. The Balaban J connectivity index is 1.94. The van der Waals surface area contributed by atoms with Crippen molar-refractivity contribution in [2.75, 3.05) is 24.5 Å². The SMILES string of the molecule is C[C@H]1CN(C2=C(Cl)C(=O)N(c3cccc(C(F)(F)F)c3)C2=O)CCN1. The van der Waals surface area contributed by atoms with E-state index in [2.05, 4.69) is 5.32 Å². The molecule has 1 aromatic carbocycles. The number of carbonyl (C=O) groups excluding carboxylic acids is 2. The van der Waals surface area contributed by atoms with Crippen LogP contribution in [0.5, 0.6) is 0 Å². The first-order chi connectivity index (χ1) is 11.7. The maximum atomic E-state index is 12.9. The summed E-state index contributed by atoms with van der Waals surface area (Å²) in [6.45, 7) is 3.48. The first-order valence-corrected chi connectivity index (χ1v) is 8.02. The Morgan fingerprint density at radius 2 is 1.96 bits per heavy atom. The summed E-state index contributed by atoms with van der Waals surface area (Å²) in [4.78, 5) is 27.5. The van der Waals surface area contributed by atoms with E-state index in [1.54, 1.807) is 4.90 Å². The topological polar surface area (TPSA) is 52.7 Å². The molecular formula is C16H15ClF3N3O2. The highest BCUT2D eigenvalue weighted by atomic mass is 35.5. The fourth-order valence-electron chi connectivity index (χ4n) is 2.96. The molecule has 25 heavy (non-hydrogen) atoms. The summed E-state index contributed by atoms with van der Waals surface area (Å²) < 4.78 is 38.7. The molecule has 1 saturated heterocycles.